The van der Waals surface area contributed by atoms with Gasteiger partial charge in [0, 0.05) is 4.88 Å². The highest BCUT2D eigenvalue weighted by Gasteiger charge is 2.28. The summed E-state index contributed by atoms with van der Waals surface area (Å²) < 4.78 is 5.76. The number of aryl methyl sites for hydroxylation is 1. The molecule has 0 bridgehead atoms. The SMILES string of the molecule is CCOC(=O)c1c(NC(=O)CSc2nnc(NC(=O)Cc3ccccc3)s2)sc2c1CCC2. The standard InChI is InChI=1S/C22H22N4O4S3/c1-2-30-20(29)18-14-9-6-10-15(14)32-19(18)23-17(28)12-31-22-26-25-21(33-22)24-16(27)11-13-7-4-3-5-8-13/h3-5,7-8H,2,6,9-12H2,1H3,(H,23,28)(H,24,25,27). The number of ether oxygens (including phenoxy) is 1. The molecule has 2 heterocycles. The minimum Gasteiger partial charge on any atom is -0.462 e. The molecule has 0 fully saturated rings. The third-order valence-corrected chi connectivity index (χ3v) is 8.02. The van der Waals surface area contributed by atoms with E-state index >= 15 is 0 Å². The molecule has 2 amide bonds. The number of carbonyl (C=O) groups excluding carboxylic acids is 3. The number of benzene rings is 1. The molecule has 1 aromatic carbocycles. The molecule has 0 spiro atoms. The van der Waals surface area contributed by atoms with Crippen LogP contribution in [-0.2, 0) is 33.6 Å². The van der Waals surface area contributed by atoms with Crippen LogP contribution in [-0.4, -0.2) is 40.3 Å². The van der Waals surface area contributed by atoms with Crippen LogP contribution < -0.4 is 10.6 Å². The van der Waals surface area contributed by atoms with Crippen molar-refractivity contribution in [2.24, 2.45) is 0 Å². The molecule has 8 nitrogen and oxygen atoms in total. The summed E-state index contributed by atoms with van der Waals surface area (Å²) in [6.45, 7) is 2.05. The van der Waals surface area contributed by atoms with Crippen molar-refractivity contribution >= 4 is 62.4 Å². The van der Waals surface area contributed by atoms with Gasteiger partial charge >= 0.3 is 5.97 Å². The van der Waals surface area contributed by atoms with Crippen molar-refractivity contribution in [2.75, 3.05) is 23.0 Å². The number of esters is 1. The third-order valence-electron chi connectivity index (χ3n) is 4.84. The molecule has 3 aromatic rings. The zero-order chi connectivity index (χ0) is 23.2. The highest BCUT2D eigenvalue weighted by molar-refractivity contribution is 8.01. The van der Waals surface area contributed by atoms with Gasteiger partial charge in [-0.2, -0.15) is 0 Å². The summed E-state index contributed by atoms with van der Waals surface area (Å²) in [4.78, 5) is 38.3. The maximum Gasteiger partial charge on any atom is 0.341 e. The fourth-order valence-corrected chi connectivity index (χ4v) is 6.33. The second-order valence-electron chi connectivity index (χ2n) is 7.20. The van der Waals surface area contributed by atoms with E-state index in [1.54, 1.807) is 6.92 Å². The van der Waals surface area contributed by atoms with Gasteiger partial charge in [-0.3, -0.25) is 9.59 Å². The second kappa shape index (κ2) is 10.9. The molecule has 1 aliphatic rings. The van der Waals surface area contributed by atoms with E-state index in [4.69, 9.17) is 4.74 Å². The van der Waals surface area contributed by atoms with Crippen LogP contribution in [0.15, 0.2) is 34.7 Å². The van der Waals surface area contributed by atoms with E-state index in [0.717, 1.165) is 35.3 Å². The van der Waals surface area contributed by atoms with Gasteiger partial charge in [0.2, 0.25) is 16.9 Å². The van der Waals surface area contributed by atoms with Gasteiger partial charge in [-0.15, -0.1) is 21.5 Å². The first-order valence-electron chi connectivity index (χ1n) is 10.4. The lowest BCUT2D eigenvalue weighted by atomic mass is 10.1. The number of anilines is 2. The van der Waals surface area contributed by atoms with Crippen LogP contribution in [0.2, 0.25) is 0 Å². The summed E-state index contributed by atoms with van der Waals surface area (Å²) in [6, 6.07) is 9.43. The zero-order valence-corrected chi connectivity index (χ0v) is 20.3. The third kappa shape index (κ3) is 5.98. The summed E-state index contributed by atoms with van der Waals surface area (Å²) in [6.07, 6.45) is 3.01. The van der Waals surface area contributed by atoms with Crippen molar-refractivity contribution in [2.45, 2.75) is 36.9 Å². The number of thiophene rings is 1. The van der Waals surface area contributed by atoms with Gasteiger partial charge < -0.3 is 15.4 Å². The molecule has 0 aliphatic heterocycles. The van der Waals surface area contributed by atoms with Gasteiger partial charge in [-0.1, -0.05) is 53.4 Å². The van der Waals surface area contributed by atoms with Crippen molar-refractivity contribution < 1.29 is 19.1 Å². The quantitative estimate of drug-likeness (QED) is 0.257. The predicted molar refractivity (Wildman–Crippen MR) is 130 cm³/mol. The summed E-state index contributed by atoms with van der Waals surface area (Å²) in [5.74, 6) is -0.698. The highest BCUT2D eigenvalue weighted by atomic mass is 32.2. The topological polar surface area (TPSA) is 110 Å². The van der Waals surface area contributed by atoms with Crippen LogP contribution in [0.25, 0.3) is 0 Å². The Hall–Kier alpha value is -2.76. The molecule has 4 rings (SSSR count). The van der Waals surface area contributed by atoms with Gasteiger partial charge in [-0.25, -0.2) is 4.79 Å². The minimum absolute atomic E-state index is 0.109. The van der Waals surface area contributed by atoms with Crippen LogP contribution in [0, 0.1) is 0 Å². The van der Waals surface area contributed by atoms with Crippen molar-refractivity contribution in [3.63, 3.8) is 0 Å². The monoisotopic (exact) mass is 502 g/mol. The van der Waals surface area contributed by atoms with Gasteiger partial charge in [-0.05, 0) is 37.3 Å². The zero-order valence-electron chi connectivity index (χ0n) is 17.9. The maximum atomic E-state index is 12.5. The summed E-state index contributed by atoms with van der Waals surface area (Å²) in [5, 5.41) is 14.5. The molecule has 0 unspecified atom stereocenters. The average Bonchev–Trinajstić information content (AvgIpc) is 3.49. The number of hydrogen-bond acceptors (Lipinski definition) is 9. The molecule has 172 valence electrons. The van der Waals surface area contributed by atoms with E-state index in [2.05, 4.69) is 20.8 Å². The second-order valence-corrected chi connectivity index (χ2v) is 10.5. The lowest BCUT2D eigenvalue weighted by molar-refractivity contribution is -0.115. The van der Waals surface area contributed by atoms with Crippen LogP contribution in [0.3, 0.4) is 0 Å². The summed E-state index contributed by atoms with van der Waals surface area (Å²) in [5.41, 5.74) is 2.40. The average molecular weight is 503 g/mol. The molecule has 0 saturated heterocycles. The van der Waals surface area contributed by atoms with Gasteiger partial charge in [0.15, 0.2) is 4.34 Å². The Morgan fingerprint density at radius 2 is 1.88 bits per heavy atom. The fraction of sp³-hybridized carbons (Fsp3) is 0.318. The summed E-state index contributed by atoms with van der Waals surface area (Å²) in [7, 11) is 0. The van der Waals surface area contributed by atoms with E-state index in [9.17, 15) is 14.4 Å². The molecule has 11 heteroatoms. The van der Waals surface area contributed by atoms with E-state index in [0.29, 0.717) is 20.0 Å². The van der Waals surface area contributed by atoms with Crippen molar-refractivity contribution in [3.8, 4) is 0 Å². The molecule has 33 heavy (non-hydrogen) atoms. The van der Waals surface area contributed by atoms with Crippen molar-refractivity contribution in [1.82, 2.24) is 10.2 Å². The predicted octanol–water partition coefficient (Wildman–Crippen LogP) is 4.18. The first kappa shape index (κ1) is 23.4. The molecule has 2 aromatic heterocycles. The van der Waals surface area contributed by atoms with E-state index in [1.165, 1.54) is 34.4 Å². The molecule has 0 atom stereocenters. The van der Waals surface area contributed by atoms with Crippen molar-refractivity contribution in [1.29, 1.82) is 0 Å². The number of nitrogens with zero attached hydrogens (tertiary/aromatic N) is 2. The lowest BCUT2D eigenvalue weighted by Crippen LogP contribution is -2.16. The highest BCUT2D eigenvalue weighted by Crippen LogP contribution is 2.39. The fourth-order valence-electron chi connectivity index (χ4n) is 3.46. The Morgan fingerprint density at radius 3 is 2.67 bits per heavy atom. The number of nitrogens with one attached hydrogen (secondary N) is 2. The molecule has 0 radical (unpaired) electrons. The van der Waals surface area contributed by atoms with Crippen LogP contribution >= 0.6 is 34.4 Å². The van der Waals surface area contributed by atoms with Crippen LogP contribution in [0.4, 0.5) is 10.1 Å². The maximum absolute atomic E-state index is 12.5. The van der Waals surface area contributed by atoms with E-state index in [-0.39, 0.29) is 36.6 Å². The van der Waals surface area contributed by atoms with Gasteiger partial charge in [0.05, 0.1) is 24.3 Å². The first-order chi connectivity index (χ1) is 16.0. The number of rotatable bonds is 9. The summed E-state index contributed by atoms with van der Waals surface area (Å²) >= 11 is 3.89. The lowest BCUT2D eigenvalue weighted by Gasteiger charge is -2.07. The Balaban J connectivity index is 1.31. The number of hydrogen-bond donors (Lipinski definition) is 2. The smallest absolute Gasteiger partial charge is 0.341 e. The van der Waals surface area contributed by atoms with Crippen LogP contribution in [0.5, 0.6) is 0 Å². The van der Waals surface area contributed by atoms with E-state index in [1.807, 2.05) is 30.3 Å². The molecular weight excluding hydrogens is 480 g/mol. The van der Waals surface area contributed by atoms with Gasteiger partial charge in [0.1, 0.15) is 5.00 Å². The molecule has 0 saturated carbocycles. The number of thioether (sulfide) groups is 1. The number of fused-ring (bicyclic) bond motifs is 1. The van der Waals surface area contributed by atoms with Crippen molar-refractivity contribution in [3.05, 3.63) is 51.9 Å². The largest absolute Gasteiger partial charge is 0.462 e. The minimum atomic E-state index is -0.389. The Labute approximate surface area is 203 Å². The number of aromatic nitrogens is 2. The first-order valence-corrected chi connectivity index (χ1v) is 13.1. The van der Waals surface area contributed by atoms with Crippen LogP contribution in [0.1, 0.15) is 39.7 Å². The normalized spacial score (nSPS) is 12.3. The number of carbonyl (C=O) groups is 3. The van der Waals surface area contributed by atoms with Gasteiger partial charge in [0.25, 0.3) is 0 Å². The Kier molecular flexibility index (Phi) is 7.73. The number of amides is 2. The Bertz CT molecular complexity index is 1160. The Morgan fingerprint density at radius 1 is 1.06 bits per heavy atom. The molecular formula is C22H22N4O4S3. The molecule has 2 N–H and O–H groups in total. The molecule has 1 aliphatic carbocycles. The van der Waals surface area contributed by atoms with E-state index < -0.39 is 0 Å².